The Bertz CT molecular complexity index is 484. The van der Waals surface area contributed by atoms with Crippen LogP contribution in [0.3, 0.4) is 0 Å². The molecule has 0 radical (unpaired) electrons. The first kappa shape index (κ1) is 14.3. The van der Waals surface area contributed by atoms with E-state index < -0.39 is 0 Å². The first-order chi connectivity index (χ1) is 10.3. The minimum Gasteiger partial charge on any atom is -0.382 e. The molecule has 1 aliphatic heterocycles. The molecular formula is C15H22N4O2. The van der Waals surface area contributed by atoms with Crippen molar-refractivity contribution in [3.8, 4) is 0 Å². The van der Waals surface area contributed by atoms with Crippen LogP contribution in [0.15, 0.2) is 18.3 Å². The van der Waals surface area contributed by atoms with Gasteiger partial charge in [-0.1, -0.05) is 0 Å². The van der Waals surface area contributed by atoms with Gasteiger partial charge in [0.2, 0.25) is 0 Å². The summed E-state index contributed by atoms with van der Waals surface area (Å²) < 4.78 is 5.30. The van der Waals surface area contributed by atoms with Crippen LogP contribution in [0.5, 0.6) is 0 Å². The molecule has 1 saturated carbocycles. The summed E-state index contributed by atoms with van der Waals surface area (Å²) in [6, 6.07) is 4.30. The molecule has 0 atom stereocenters. The smallest absolute Gasteiger partial charge is 0.269 e. The number of rotatable bonds is 6. The van der Waals surface area contributed by atoms with Gasteiger partial charge in [-0.2, -0.15) is 0 Å². The Kier molecular flexibility index (Phi) is 4.67. The predicted octanol–water partition coefficient (Wildman–Crippen LogP) is 0.718. The van der Waals surface area contributed by atoms with E-state index in [2.05, 4.69) is 20.5 Å². The van der Waals surface area contributed by atoms with Crippen molar-refractivity contribution in [3.63, 3.8) is 0 Å². The molecule has 6 nitrogen and oxygen atoms in total. The Labute approximate surface area is 124 Å². The molecule has 114 valence electrons. The number of hydrogen-bond acceptors (Lipinski definition) is 5. The fraction of sp³-hybridized carbons (Fsp3) is 0.600. The summed E-state index contributed by atoms with van der Waals surface area (Å²) >= 11 is 0. The van der Waals surface area contributed by atoms with Crippen molar-refractivity contribution in [1.29, 1.82) is 0 Å². The third kappa shape index (κ3) is 4.41. The third-order valence-electron chi connectivity index (χ3n) is 3.76. The molecule has 1 aliphatic carbocycles. The second-order valence-corrected chi connectivity index (χ2v) is 5.56. The number of hydrogen-bond donors (Lipinski definition) is 2. The highest BCUT2D eigenvalue weighted by molar-refractivity contribution is 5.93. The highest BCUT2D eigenvalue weighted by Gasteiger charge is 2.21. The third-order valence-corrected chi connectivity index (χ3v) is 3.76. The molecule has 1 amide bonds. The maximum absolute atomic E-state index is 12.1. The van der Waals surface area contributed by atoms with Gasteiger partial charge in [0.1, 0.15) is 5.69 Å². The predicted molar refractivity (Wildman–Crippen MR) is 80.5 cm³/mol. The standard InChI is InChI=1S/C15H22N4O2/c20-15(17-5-6-19-7-9-21-10-8-19)14-11-13(3-4-16-14)18-12-1-2-12/h3-4,11-12H,1-2,5-10H2,(H,16,18)(H,17,20). The van der Waals surface area contributed by atoms with Gasteiger partial charge in [-0.3, -0.25) is 14.7 Å². The van der Waals surface area contributed by atoms with Gasteiger partial charge in [0, 0.05) is 44.1 Å². The number of carbonyl (C=O) groups excluding carboxylic acids is 1. The Hall–Kier alpha value is -1.66. The van der Waals surface area contributed by atoms with Crippen molar-refractivity contribution in [2.24, 2.45) is 0 Å². The zero-order valence-corrected chi connectivity index (χ0v) is 12.2. The van der Waals surface area contributed by atoms with Crippen molar-refractivity contribution in [2.75, 3.05) is 44.7 Å². The Morgan fingerprint density at radius 3 is 2.95 bits per heavy atom. The Morgan fingerprint density at radius 1 is 1.38 bits per heavy atom. The summed E-state index contributed by atoms with van der Waals surface area (Å²) in [5, 5.41) is 6.31. The lowest BCUT2D eigenvalue weighted by Crippen LogP contribution is -2.41. The number of anilines is 1. The summed E-state index contributed by atoms with van der Waals surface area (Å²) in [7, 11) is 0. The van der Waals surface area contributed by atoms with Gasteiger partial charge in [0.05, 0.1) is 13.2 Å². The van der Waals surface area contributed by atoms with Crippen LogP contribution < -0.4 is 10.6 Å². The monoisotopic (exact) mass is 290 g/mol. The fourth-order valence-corrected chi connectivity index (χ4v) is 2.35. The number of carbonyl (C=O) groups is 1. The first-order valence-corrected chi connectivity index (χ1v) is 7.62. The topological polar surface area (TPSA) is 66.5 Å². The van der Waals surface area contributed by atoms with Crippen molar-refractivity contribution >= 4 is 11.6 Å². The van der Waals surface area contributed by atoms with Crippen LogP contribution in [-0.2, 0) is 4.74 Å². The average molecular weight is 290 g/mol. The molecule has 0 unspecified atom stereocenters. The number of morpholine rings is 1. The minimum absolute atomic E-state index is 0.109. The van der Waals surface area contributed by atoms with E-state index in [9.17, 15) is 4.79 Å². The van der Waals surface area contributed by atoms with E-state index in [1.165, 1.54) is 12.8 Å². The van der Waals surface area contributed by atoms with Gasteiger partial charge in [0.25, 0.3) is 5.91 Å². The van der Waals surface area contributed by atoms with E-state index in [0.717, 1.165) is 38.5 Å². The molecule has 2 fully saturated rings. The van der Waals surface area contributed by atoms with E-state index in [1.807, 2.05) is 12.1 Å². The van der Waals surface area contributed by atoms with Crippen LogP contribution >= 0.6 is 0 Å². The van der Waals surface area contributed by atoms with Gasteiger partial charge < -0.3 is 15.4 Å². The van der Waals surface area contributed by atoms with E-state index in [1.54, 1.807) is 6.20 Å². The summed E-state index contributed by atoms with van der Waals surface area (Å²) in [5.41, 5.74) is 1.45. The molecule has 2 aliphatic rings. The lowest BCUT2D eigenvalue weighted by atomic mass is 10.3. The van der Waals surface area contributed by atoms with Gasteiger partial charge in [-0.05, 0) is 25.0 Å². The van der Waals surface area contributed by atoms with Crippen LogP contribution in [0.1, 0.15) is 23.3 Å². The second kappa shape index (κ2) is 6.87. The average Bonchev–Trinajstić information content (AvgIpc) is 3.32. The molecule has 1 saturated heterocycles. The minimum atomic E-state index is -0.109. The van der Waals surface area contributed by atoms with E-state index in [-0.39, 0.29) is 5.91 Å². The molecule has 0 spiro atoms. The second-order valence-electron chi connectivity index (χ2n) is 5.56. The highest BCUT2D eigenvalue weighted by Crippen LogP contribution is 2.24. The maximum atomic E-state index is 12.1. The van der Waals surface area contributed by atoms with E-state index in [4.69, 9.17) is 4.74 Å². The van der Waals surface area contributed by atoms with Crippen molar-refractivity contribution < 1.29 is 9.53 Å². The molecule has 3 rings (SSSR count). The van der Waals surface area contributed by atoms with Crippen LogP contribution in [0.2, 0.25) is 0 Å². The quantitative estimate of drug-likeness (QED) is 0.808. The highest BCUT2D eigenvalue weighted by atomic mass is 16.5. The molecule has 21 heavy (non-hydrogen) atoms. The van der Waals surface area contributed by atoms with Gasteiger partial charge >= 0.3 is 0 Å². The molecule has 2 heterocycles. The van der Waals surface area contributed by atoms with E-state index >= 15 is 0 Å². The molecule has 6 heteroatoms. The largest absolute Gasteiger partial charge is 0.382 e. The number of ether oxygens (including phenoxy) is 1. The summed E-state index contributed by atoms with van der Waals surface area (Å²) in [4.78, 5) is 18.5. The van der Waals surface area contributed by atoms with Gasteiger partial charge in [0.15, 0.2) is 0 Å². The van der Waals surface area contributed by atoms with Crippen LogP contribution in [0.4, 0.5) is 5.69 Å². The molecule has 1 aromatic rings. The number of nitrogens with one attached hydrogen (secondary N) is 2. The van der Waals surface area contributed by atoms with Crippen molar-refractivity contribution in [2.45, 2.75) is 18.9 Å². The van der Waals surface area contributed by atoms with Crippen LogP contribution in [0.25, 0.3) is 0 Å². The van der Waals surface area contributed by atoms with Crippen LogP contribution in [0, 0.1) is 0 Å². The van der Waals surface area contributed by atoms with Crippen molar-refractivity contribution in [3.05, 3.63) is 24.0 Å². The van der Waals surface area contributed by atoms with E-state index in [0.29, 0.717) is 18.3 Å². The summed E-state index contributed by atoms with van der Waals surface area (Å²) in [5.74, 6) is -0.109. The van der Waals surface area contributed by atoms with Gasteiger partial charge in [-0.15, -0.1) is 0 Å². The molecule has 2 N–H and O–H groups in total. The summed E-state index contributed by atoms with van der Waals surface area (Å²) in [6.45, 7) is 4.94. The summed E-state index contributed by atoms with van der Waals surface area (Å²) in [6.07, 6.45) is 4.11. The molecular weight excluding hydrogens is 268 g/mol. The molecule has 0 aromatic carbocycles. The SMILES string of the molecule is O=C(NCCN1CCOCC1)c1cc(NC2CC2)ccn1. The zero-order valence-electron chi connectivity index (χ0n) is 12.2. The molecule has 0 bridgehead atoms. The number of aromatic nitrogens is 1. The Balaban J connectivity index is 1.45. The molecule has 1 aromatic heterocycles. The van der Waals surface area contributed by atoms with Crippen LogP contribution in [-0.4, -0.2) is 61.2 Å². The normalized spacial score (nSPS) is 19.2. The maximum Gasteiger partial charge on any atom is 0.269 e. The van der Waals surface area contributed by atoms with Gasteiger partial charge in [-0.25, -0.2) is 0 Å². The zero-order chi connectivity index (χ0) is 14.5. The number of amides is 1. The number of pyridine rings is 1. The lowest BCUT2D eigenvalue weighted by Gasteiger charge is -2.26. The first-order valence-electron chi connectivity index (χ1n) is 7.62. The lowest BCUT2D eigenvalue weighted by molar-refractivity contribution is 0.0383. The van der Waals surface area contributed by atoms with Crippen molar-refractivity contribution in [1.82, 2.24) is 15.2 Å². The number of nitrogens with zero attached hydrogens (tertiary/aromatic N) is 2. The fourth-order valence-electron chi connectivity index (χ4n) is 2.35. The Morgan fingerprint density at radius 2 is 2.19 bits per heavy atom.